The van der Waals surface area contributed by atoms with E-state index in [0.717, 1.165) is 4.40 Å². The Kier molecular flexibility index (Phi) is 4.88. The van der Waals surface area contributed by atoms with Gasteiger partial charge < -0.3 is 5.32 Å². The summed E-state index contributed by atoms with van der Waals surface area (Å²) in [5.41, 5.74) is -0.0626. The van der Waals surface area contributed by atoms with Crippen molar-refractivity contribution in [2.24, 2.45) is 5.14 Å². The van der Waals surface area contributed by atoms with Gasteiger partial charge in [0.05, 0.1) is 10.7 Å². The lowest BCUT2D eigenvalue weighted by molar-refractivity contribution is -0.385. The van der Waals surface area contributed by atoms with E-state index in [0.29, 0.717) is 11.1 Å². The van der Waals surface area contributed by atoms with E-state index < -0.39 is 26.2 Å². The van der Waals surface area contributed by atoms with E-state index in [1.807, 2.05) is 0 Å². The zero-order chi connectivity index (χ0) is 19.6. The van der Waals surface area contributed by atoms with Crippen molar-refractivity contribution < 1.29 is 13.3 Å². The molecule has 0 unspecified atom stereocenters. The van der Waals surface area contributed by atoms with Crippen LogP contribution in [0.3, 0.4) is 0 Å². The van der Waals surface area contributed by atoms with Crippen molar-refractivity contribution in [2.75, 3.05) is 5.32 Å². The summed E-state index contributed by atoms with van der Waals surface area (Å²) in [7, 11) is -3.68. The molecule has 140 valence electrons. The first-order valence-corrected chi connectivity index (χ1v) is 9.44. The van der Waals surface area contributed by atoms with Gasteiger partial charge in [0.15, 0.2) is 0 Å². The van der Waals surface area contributed by atoms with Crippen LogP contribution in [0.15, 0.2) is 53.5 Å². The third kappa shape index (κ3) is 4.27. The molecule has 0 aliphatic carbocycles. The Balaban J connectivity index is 1.93. The molecule has 10 nitrogen and oxygen atoms in total. The van der Waals surface area contributed by atoms with Gasteiger partial charge in [-0.1, -0.05) is 30.3 Å². The summed E-state index contributed by atoms with van der Waals surface area (Å²) >= 11 is 0. The van der Waals surface area contributed by atoms with Gasteiger partial charge in [-0.25, -0.2) is 18.5 Å². The molecule has 1 aromatic carbocycles. The van der Waals surface area contributed by atoms with Crippen LogP contribution < -0.4 is 16.0 Å². The van der Waals surface area contributed by atoms with Gasteiger partial charge in [0.2, 0.25) is 15.8 Å². The second-order valence-corrected chi connectivity index (χ2v) is 7.40. The Labute approximate surface area is 153 Å². The lowest BCUT2D eigenvalue weighted by Gasteiger charge is -2.09. The fourth-order valence-corrected chi connectivity index (χ4v) is 3.26. The Morgan fingerprint density at radius 1 is 1.19 bits per heavy atom. The molecule has 0 atom stereocenters. The molecule has 3 aromatic rings. The van der Waals surface area contributed by atoms with Crippen molar-refractivity contribution in [3.05, 3.63) is 80.3 Å². The van der Waals surface area contributed by atoms with Crippen molar-refractivity contribution in [3.63, 3.8) is 0 Å². The largest absolute Gasteiger partial charge is 0.376 e. The molecule has 3 rings (SSSR count). The zero-order valence-corrected chi connectivity index (χ0v) is 14.7. The first-order chi connectivity index (χ1) is 12.7. The fraction of sp³-hybridized carbons (Fsp3) is 0.125. The van der Waals surface area contributed by atoms with Crippen LogP contribution in [0.5, 0.6) is 0 Å². The Hall–Kier alpha value is -3.31. The monoisotopic (exact) mass is 389 g/mol. The maximum Gasteiger partial charge on any atom is 0.376 e. The molecule has 3 N–H and O–H groups in total. The quantitative estimate of drug-likeness (QED) is 0.471. The van der Waals surface area contributed by atoms with E-state index in [1.54, 1.807) is 42.5 Å². The summed E-state index contributed by atoms with van der Waals surface area (Å²) in [6, 6.07) is 11.4. The molecule has 0 aliphatic heterocycles. The Bertz CT molecular complexity index is 1190. The third-order valence-electron chi connectivity index (χ3n) is 3.71. The summed E-state index contributed by atoms with van der Waals surface area (Å²) in [5.74, 6) is -0.482. The maximum absolute atomic E-state index is 12.4. The van der Waals surface area contributed by atoms with Crippen LogP contribution in [-0.2, 0) is 22.3 Å². The highest BCUT2D eigenvalue weighted by Crippen LogP contribution is 2.19. The zero-order valence-electron chi connectivity index (χ0n) is 13.9. The van der Waals surface area contributed by atoms with E-state index in [4.69, 9.17) is 5.14 Å². The molecule has 0 radical (unpaired) electrons. The van der Waals surface area contributed by atoms with Crippen LogP contribution >= 0.6 is 0 Å². The first kappa shape index (κ1) is 18.5. The van der Waals surface area contributed by atoms with E-state index in [2.05, 4.69) is 10.3 Å². The summed E-state index contributed by atoms with van der Waals surface area (Å²) < 4.78 is 23.5. The highest BCUT2D eigenvalue weighted by atomic mass is 32.2. The van der Waals surface area contributed by atoms with Crippen molar-refractivity contribution in [1.29, 1.82) is 0 Å². The van der Waals surface area contributed by atoms with Gasteiger partial charge in [0, 0.05) is 12.7 Å². The average Bonchev–Trinajstić information content (AvgIpc) is 2.58. The van der Waals surface area contributed by atoms with Gasteiger partial charge in [-0.3, -0.25) is 19.3 Å². The molecular weight excluding hydrogens is 374 g/mol. The lowest BCUT2D eigenvalue weighted by atomic mass is 10.1. The van der Waals surface area contributed by atoms with Gasteiger partial charge >= 0.3 is 11.2 Å². The van der Waals surface area contributed by atoms with Gasteiger partial charge in [-0.15, -0.1) is 0 Å². The maximum atomic E-state index is 12.4. The number of pyridine rings is 1. The van der Waals surface area contributed by atoms with Crippen LogP contribution in [0.2, 0.25) is 0 Å². The minimum absolute atomic E-state index is 0.106. The van der Waals surface area contributed by atoms with Crippen LogP contribution in [0.4, 0.5) is 11.5 Å². The second kappa shape index (κ2) is 7.13. The number of nitrogens with one attached hydrogen (secondary N) is 1. The van der Waals surface area contributed by atoms with Crippen LogP contribution in [0.1, 0.15) is 11.1 Å². The van der Waals surface area contributed by atoms with Crippen LogP contribution in [-0.4, -0.2) is 22.7 Å². The predicted molar refractivity (Wildman–Crippen MR) is 98.7 cm³/mol. The summed E-state index contributed by atoms with van der Waals surface area (Å²) in [6.45, 7) is 0.106. The number of primary sulfonamides is 1. The number of nitro groups is 1. The van der Waals surface area contributed by atoms with E-state index in [9.17, 15) is 23.3 Å². The molecule has 0 bridgehead atoms. The Morgan fingerprint density at radius 3 is 2.63 bits per heavy atom. The minimum atomic E-state index is -3.68. The number of hydrogen-bond donors (Lipinski definition) is 2. The normalized spacial score (nSPS) is 11.4. The predicted octanol–water partition coefficient (Wildman–Crippen LogP) is 1.00. The summed E-state index contributed by atoms with van der Waals surface area (Å²) in [4.78, 5) is 27.1. The molecule has 2 aromatic heterocycles. The summed E-state index contributed by atoms with van der Waals surface area (Å²) in [6.07, 6.45) is 1.40. The number of hydrogen-bond acceptors (Lipinski definition) is 7. The van der Waals surface area contributed by atoms with Crippen LogP contribution in [0, 0.1) is 10.1 Å². The molecule has 0 saturated heterocycles. The average molecular weight is 389 g/mol. The van der Waals surface area contributed by atoms with E-state index >= 15 is 0 Å². The summed E-state index contributed by atoms with van der Waals surface area (Å²) in [5, 5.41) is 19.2. The molecule has 0 aliphatic rings. The highest BCUT2D eigenvalue weighted by molar-refractivity contribution is 7.88. The number of fused-ring (bicyclic) bond motifs is 1. The second-order valence-electron chi connectivity index (χ2n) is 5.78. The Morgan fingerprint density at radius 2 is 1.93 bits per heavy atom. The molecule has 11 heteroatoms. The number of nitrogens with zero attached hydrogens (tertiary/aromatic N) is 3. The molecule has 0 amide bonds. The van der Waals surface area contributed by atoms with Crippen molar-refractivity contribution in [3.8, 4) is 0 Å². The highest BCUT2D eigenvalue weighted by Gasteiger charge is 2.23. The molecule has 2 heterocycles. The molecule has 0 saturated carbocycles. The van der Waals surface area contributed by atoms with Crippen molar-refractivity contribution >= 4 is 27.2 Å². The van der Waals surface area contributed by atoms with Crippen molar-refractivity contribution in [2.45, 2.75) is 12.3 Å². The first-order valence-electron chi connectivity index (χ1n) is 7.72. The minimum Gasteiger partial charge on any atom is -0.360 e. The number of anilines is 1. The SMILES string of the molecule is NS(=O)(=O)Cc1cccc(CNc2nc3ccccn3c(=O)c2[N+](=O)[O-])c1. The third-order valence-corrected chi connectivity index (χ3v) is 4.45. The van der Waals surface area contributed by atoms with E-state index in [-0.39, 0.29) is 23.8 Å². The van der Waals surface area contributed by atoms with Gasteiger partial charge in [-0.05, 0) is 23.3 Å². The number of rotatable bonds is 6. The van der Waals surface area contributed by atoms with Gasteiger partial charge in [0.1, 0.15) is 5.65 Å². The topological polar surface area (TPSA) is 150 Å². The van der Waals surface area contributed by atoms with Gasteiger partial charge in [-0.2, -0.15) is 0 Å². The fourth-order valence-electron chi connectivity index (χ4n) is 2.62. The van der Waals surface area contributed by atoms with E-state index in [1.165, 1.54) is 6.20 Å². The van der Waals surface area contributed by atoms with Crippen molar-refractivity contribution in [1.82, 2.24) is 9.38 Å². The lowest BCUT2D eigenvalue weighted by Crippen LogP contribution is -2.21. The van der Waals surface area contributed by atoms with Crippen LogP contribution in [0.25, 0.3) is 5.65 Å². The molecule has 27 heavy (non-hydrogen) atoms. The number of nitrogens with two attached hydrogens (primary N) is 1. The number of benzene rings is 1. The molecule has 0 spiro atoms. The number of sulfonamides is 1. The number of aromatic nitrogens is 2. The molecule has 0 fully saturated rings. The smallest absolute Gasteiger partial charge is 0.360 e. The molecular formula is C16H15N5O5S. The van der Waals surface area contributed by atoms with Gasteiger partial charge in [0.25, 0.3) is 0 Å². The standard InChI is InChI=1S/C16H15N5O5S/c17-27(25,26)10-12-5-3-4-11(8-12)9-18-15-14(21(23)24)16(22)20-7-2-1-6-13(20)19-15/h1-8,18H,9-10H2,(H2,17,25,26).